The Morgan fingerprint density at radius 1 is 1.33 bits per heavy atom. The van der Waals surface area contributed by atoms with E-state index in [0.29, 0.717) is 5.92 Å². The van der Waals surface area contributed by atoms with Crippen LogP contribution in [0.4, 0.5) is 5.13 Å². The largest absolute Gasteiger partial charge is 0.394 e. The molecular weight excluding hydrogens is 246 g/mol. The zero-order valence-corrected chi connectivity index (χ0v) is 11.7. The first-order chi connectivity index (χ1) is 8.71. The van der Waals surface area contributed by atoms with Crippen LogP contribution in [0.15, 0.2) is 0 Å². The van der Waals surface area contributed by atoms with Gasteiger partial charge in [0.2, 0.25) is 5.13 Å². The van der Waals surface area contributed by atoms with Gasteiger partial charge in [0, 0.05) is 17.5 Å². The van der Waals surface area contributed by atoms with E-state index in [9.17, 15) is 5.11 Å². The summed E-state index contributed by atoms with van der Waals surface area (Å²) < 4.78 is 4.41. The summed E-state index contributed by atoms with van der Waals surface area (Å²) in [5, 5.41) is 14.1. The molecule has 0 aromatic carbocycles. The molecule has 0 aliphatic heterocycles. The summed E-state index contributed by atoms with van der Waals surface area (Å²) in [7, 11) is 0. The van der Waals surface area contributed by atoms with Crippen LogP contribution in [0, 0.1) is 5.92 Å². The summed E-state index contributed by atoms with van der Waals surface area (Å²) in [4.78, 5) is 4.56. The Hall–Kier alpha value is -0.680. The average molecular weight is 267 g/mol. The van der Waals surface area contributed by atoms with Crippen LogP contribution in [-0.2, 0) is 0 Å². The van der Waals surface area contributed by atoms with Gasteiger partial charge in [-0.3, -0.25) is 0 Å². The molecule has 0 saturated heterocycles. The van der Waals surface area contributed by atoms with Gasteiger partial charge in [-0.05, 0) is 44.4 Å². The lowest BCUT2D eigenvalue weighted by Gasteiger charge is -2.38. The normalized spacial score (nSPS) is 32.4. The molecule has 2 aliphatic rings. The molecule has 18 heavy (non-hydrogen) atoms. The summed E-state index contributed by atoms with van der Waals surface area (Å²) in [5.74, 6) is 2.39. The van der Waals surface area contributed by atoms with Crippen LogP contribution in [0.5, 0.6) is 0 Å². The second kappa shape index (κ2) is 4.78. The van der Waals surface area contributed by atoms with Gasteiger partial charge in [0.1, 0.15) is 5.82 Å². The Labute approximate surface area is 112 Å². The van der Waals surface area contributed by atoms with Gasteiger partial charge in [0.05, 0.1) is 12.1 Å². The van der Waals surface area contributed by atoms with E-state index in [1.54, 1.807) is 0 Å². The van der Waals surface area contributed by atoms with E-state index in [4.69, 9.17) is 0 Å². The van der Waals surface area contributed by atoms with Crippen molar-refractivity contribution in [2.45, 2.75) is 56.9 Å². The van der Waals surface area contributed by atoms with Crippen LogP contribution in [-0.4, -0.2) is 26.6 Å². The summed E-state index contributed by atoms with van der Waals surface area (Å²) in [6, 6.07) is 0. The van der Waals surface area contributed by atoms with Gasteiger partial charge in [-0.15, -0.1) is 0 Å². The van der Waals surface area contributed by atoms with Gasteiger partial charge in [-0.1, -0.05) is 6.92 Å². The standard InChI is InChI=1S/C13H21N3OS/c1-9-4-6-13(8-17,7-5-9)15-12-14-11(16-18-12)10-2-3-10/h9-10,17H,2-8H2,1H3,(H,14,15,16). The molecule has 0 radical (unpaired) electrons. The monoisotopic (exact) mass is 267 g/mol. The third-order valence-corrected chi connectivity index (χ3v) is 4.94. The van der Waals surface area contributed by atoms with Crippen LogP contribution in [0.2, 0.25) is 0 Å². The quantitative estimate of drug-likeness (QED) is 0.880. The molecule has 5 heteroatoms. The SMILES string of the molecule is CC1CCC(CO)(Nc2nc(C3CC3)ns2)CC1. The maximum Gasteiger partial charge on any atom is 0.203 e. The molecule has 0 atom stereocenters. The fourth-order valence-corrected chi connectivity index (χ4v) is 3.42. The van der Waals surface area contributed by atoms with Crippen LogP contribution in [0.1, 0.15) is 57.2 Å². The minimum Gasteiger partial charge on any atom is -0.394 e. The number of hydrogen-bond acceptors (Lipinski definition) is 5. The minimum absolute atomic E-state index is 0.160. The zero-order valence-electron chi connectivity index (χ0n) is 10.9. The summed E-state index contributed by atoms with van der Waals surface area (Å²) in [5.41, 5.74) is -0.160. The fraction of sp³-hybridized carbons (Fsp3) is 0.846. The first kappa shape index (κ1) is 12.4. The zero-order chi connectivity index (χ0) is 12.6. The topological polar surface area (TPSA) is 58.0 Å². The van der Waals surface area contributed by atoms with Crippen molar-refractivity contribution in [2.24, 2.45) is 5.92 Å². The molecule has 2 saturated carbocycles. The highest BCUT2D eigenvalue weighted by atomic mass is 32.1. The first-order valence-electron chi connectivity index (χ1n) is 6.93. The molecule has 100 valence electrons. The van der Waals surface area contributed by atoms with Gasteiger partial charge in [0.25, 0.3) is 0 Å². The second-order valence-corrected chi connectivity index (χ2v) is 6.73. The summed E-state index contributed by atoms with van der Waals surface area (Å²) in [6.45, 7) is 2.48. The van der Waals surface area contributed by atoms with Crippen molar-refractivity contribution in [2.75, 3.05) is 11.9 Å². The van der Waals surface area contributed by atoms with Gasteiger partial charge in [-0.2, -0.15) is 4.37 Å². The van der Waals surface area contributed by atoms with Gasteiger partial charge in [0.15, 0.2) is 0 Å². The predicted molar refractivity (Wildman–Crippen MR) is 73.0 cm³/mol. The molecular formula is C13H21N3OS. The predicted octanol–water partition coefficient (Wildman–Crippen LogP) is 2.77. The van der Waals surface area contributed by atoms with E-state index in [0.717, 1.165) is 29.7 Å². The third-order valence-electron chi connectivity index (χ3n) is 4.29. The number of aliphatic hydroxyl groups excluding tert-OH is 1. The molecule has 1 aromatic rings. The van der Waals surface area contributed by atoms with Crippen molar-refractivity contribution < 1.29 is 5.11 Å². The Morgan fingerprint density at radius 2 is 2.06 bits per heavy atom. The van der Waals surface area contributed by atoms with Crippen molar-refractivity contribution in [1.82, 2.24) is 9.36 Å². The number of rotatable bonds is 4. The molecule has 1 aromatic heterocycles. The Bertz CT molecular complexity index is 408. The molecule has 4 nitrogen and oxygen atoms in total. The average Bonchev–Trinajstić information content (AvgIpc) is 3.14. The molecule has 0 amide bonds. The van der Waals surface area contributed by atoms with Crippen LogP contribution in [0.3, 0.4) is 0 Å². The summed E-state index contributed by atoms with van der Waals surface area (Å²) >= 11 is 1.44. The first-order valence-corrected chi connectivity index (χ1v) is 7.71. The van der Waals surface area contributed by atoms with E-state index in [1.165, 1.54) is 37.2 Å². The second-order valence-electron chi connectivity index (χ2n) is 5.98. The molecule has 1 heterocycles. The van der Waals surface area contributed by atoms with Crippen molar-refractivity contribution in [1.29, 1.82) is 0 Å². The van der Waals surface area contributed by atoms with Crippen LogP contribution < -0.4 is 5.32 Å². The van der Waals surface area contributed by atoms with Gasteiger partial charge < -0.3 is 10.4 Å². The lowest BCUT2D eigenvalue weighted by molar-refractivity contribution is 0.155. The number of aromatic nitrogens is 2. The molecule has 2 aliphatic carbocycles. The van der Waals surface area contributed by atoms with Crippen LogP contribution >= 0.6 is 11.5 Å². The third kappa shape index (κ3) is 2.52. The number of nitrogens with one attached hydrogen (secondary N) is 1. The highest BCUT2D eigenvalue weighted by Gasteiger charge is 2.35. The number of nitrogens with zero attached hydrogens (tertiary/aromatic N) is 2. The smallest absolute Gasteiger partial charge is 0.203 e. The minimum atomic E-state index is -0.160. The maximum atomic E-state index is 9.71. The van der Waals surface area contributed by atoms with E-state index >= 15 is 0 Å². The van der Waals surface area contributed by atoms with Crippen molar-refractivity contribution in [3.05, 3.63) is 5.82 Å². The van der Waals surface area contributed by atoms with E-state index < -0.39 is 0 Å². The highest BCUT2D eigenvalue weighted by molar-refractivity contribution is 7.09. The Kier molecular flexibility index (Phi) is 3.28. The molecule has 0 bridgehead atoms. The Morgan fingerprint density at radius 3 is 2.67 bits per heavy atom. The maximum absolute atomic E-state index is 9.71. The van der Waals surface area contributed by atoms with Crippen molar-refractivity contribution in [3.8, 4) is 0 Å². The molecule has 2 fully saturated rings. The number of anilines is 1. The van der Waals surface area contributed by atoms with E-state index in [1.807, 2.05) is 0 Å². The van der Waals surface area contributed by atoms with Crippen LogP contribution in [0.25, 0.3) is 0 Å². The van der Waals surface area contributed by atoms with Crippen molar-refractivity contribution in [3.63, 3.8) is 0 Å². The fourth-order valence-electron chi connectivity index (χ4n) is 2.66. The van der Waals surface area contributed by atoms with Gasteiger partial charge in [-0.25, -0.2) is 4.98 Å². The van der Waals surface area contributed by atoms with E-state index in [2.05, 4.69) is 21.6 Å². The lowest BCUT2D eigenvalue weighted by Crippen LogP contribution is -2.45. The number of hydrogen-bond donors (Lipinski definition) is 2. The molecule has 0 unspecified atom stereocenters. The van der Waals surface area contributed by atoms with Gasteiger partial charge >= 0.3 is 0 Å². The molecule has 0 spiro atoms. The Balaban J connectivity index is 1.68. The van der Waals surface area contributed by atoms with Crippen molar-refractivity contribution >= 4 is 16.7 Å². The lowest BCUT2D eigenvalue weighted by atomic mass is 9.78. The highest BCUT2D eigenvalue weighted by Crippen LogP contribution is 2.40. The molecule has 2 N–H and O–H groups in total. The molecule has 3 rings (SSSR count). The number of aliphatic hydroxyl groups is 1. The summed E-state index contributed by atoms with van der Waals surface area (Å²) in [6.07, 6.45) is 6.90. The van der Waals surface area contributed by atoms with E-state index in [-0.39, 0.29) is 12.1 Å².